The van der Waals surface area contributed by atoms with E-state index in [1.54, 1.807) is 0 Å². The van der Waals surface area contributed by atoms with Crippen molar-refractivity contribution in [3.8, 4) is 0 Å². The first-order valence-corrected chi connectivity index (χ1v) is 11.0. The molecule has 0 unspecified atom stereocenters. The Bertz CT molecular complexity index is 686. The molecule has 0 saturated heterocycles. The summed E-state index contributed by atoms with van der Waals surface area (Å²) in [5.74, 6) is 1.32. The molecule has 5 nitrogen and oxygen atoms in total. The Morgan fingerprint density at radius 3 is 2.46 bits per heavy atom. The monoisotopic (exact) mass is 390 g/mol. The molecule has 0 N–H and O–H groups in total. The quantitative estimate of drug-likeness (QED) is 0.668. The molecule has 0 aromatic rings. The number of ether oxygens (including phenoxy) is 2. The molecule has 4 saturated carbocycles. The van der Waals surface area contributed by atoms with Crippen molar-refractivity contribution in [2.45, 2.75) is 78.2 Å². The molecule has 0 aromatic carbocycles. The molecule has 8 atom stereocenters. The van der Waals surface area contributed by atoms with Crippen LogP contribution in [0.2, 0.25) is 0 Å². The van der Waals surface area contributed by atoms with Crippen molar-refractivity contribution in [1.82, 2.24) is 0 Å². The van der Waals surface area contributed by atoms with Crippen LogP contribution in [0.5, 0.6) is 0 Å². The van der Waals surface area contributed by atoms with E-state index >= 15 is 0 Å². The highest BCUT2D eigenvalue weighted by molar-refractivity contribution is 5.92. The van der Waals surface area contributed by atoms with Crippen molar-refractivity contribution in [3.05, 3.63) is 0 Å². The number of Topliss-reactive ketones (excluding diaryl/α,β-unsaturated/α-hetero) is 1. The lowest BCUT2D eigenvalue weighted by Crippen LogP contribution is -2.57. The van der Waals surface area contributed by atoms with Gasteiger partial charge in [0.15, 0.2) is 0 Å². The Balaban J connectivity index is 1.58. The van der Waals surface area contributed by atoms with Crippen molar-refractivity contribution in [3.63, 3.8) is 0 Å². The third-order valence-electron chi connectivity index (χ3n) is 9.30. The summed E-state index contributed by atoms with van der Waals surface area (Å²) in [5.41, 5.74) is -0.410. The second kappa shape index (κ2) is 6.84. The third-order valence-corrected chi connectivity index (χ3v) is 9.30. The summed E-state index contributed by atoms with van der Waals surface area (Å²) in [6, 6.07) is 0. The zero-order valence-electron chi connectivity index (χ0n) is 17.7. The highest BCUT2D eigenvalue weighted by atomic mass is 16.5. The molecule has 0 bridgehead atoms. The van der Waals surface area contributed by atoms with Gasteiger partial charge in [0, 0.05) is 18.8 Å². The summed E-state index contributed by atoms with van der Waals surface area (Å²) in [6.45, 7) is 5.90. The van der Waals surface area contributed by atoms with Crippen LogP contribution in [0, 0.1) is 40.4 Å². The summed E-state index contributed by atoms with van der Waals surface area (Å²) < 4.78 is 10.6. The minimum Gasteiger partial charge on any atom is -0.469 e. The van der Waals surface area contributed by atoms with Gasteiger partial charge in [-0.1, -0.05) is 13.8 Å². The van der Waals surface area contributed by atoms with Crippen LogP contribution in [0.25, 0.3) is 0 Å². The van der Waals surface area contributed by atoms with Crippen LogP contribution in [-0.4, -0.2) is 30.9 Å². The van der Waals surface area contributed by atoms with Crippen LogP contribution in [0.15, 0.2) is 0 Å². The molecule has 156 valence electrons. The molecular weight excluding hydrogens is 356 g/mol. The smallest absolute Gasteiger partial charge is 0.309 e. The van der Waals surface area contributed by atoms with Crippen molar-refractivity contribution in [2.75, 3.05) is 7.11 Å². The minimum atomic E-state index is -0.549. The molecule has 4 aliphatic carbocycles. The molecule has 4 fully saturated rings. The van der Waals surface area contributed by atoms with E-state index in [0.717, 1.165) is 44.9 Å². The number of rotatable bonds is 2. The first-order chi connectivity index (χ1) is 13.2. The lowest BCUT2D eigenvalue weighted by atomic mass is 9.44. The van der Waals surface area contributed by atoms with Gasteiger partial charge in [0.25, 0.3) is 0 Å². The highest BCUT2D eigenvalue weighted by Gasteiger charge is 2.65. The van der Waals surface area contributed by atoms with Crippen LogP contribution in [0.1, 0.15) is 72.1 Å². The molecular formula is C23H34O5. The summed E-state index contributed by atoms with van der Waals surface area (Å²) in [5, 5.41) is 0. The van der Waals surface area contributed by atoms with Crippen LogP contribution >= 0.6 is 0 Å². The van der Waals surface area contributed by atoms with E-state index in [1.807, 2.05) is 6.92 Å². The van der Waals surface area contributed by atoms with E-state index in [9.17, 15) is 14.4 Å². The lowest BCUT2D eigenvalue weighted by molar-refractivity contribution is -0.171. The van der Waals surface area contributed by atoms with Gasteiger partial charge in [-0.3, -0.25) is 14.4 Å². The SMILES string of the molecule is COC(=O)[C@@H]1CC[C@@H]2[C@H]3CC[C@H]4C[C@@H](OC(C)=O)CC[C@]4(C)[C@@H]3CC(=O)[C@]21C. The number of carbonyl (C=O) groups is 3. The Morgan fingerprint density at radius 1 is 1.04 bits per heavy atom. The maximum Gasteiger partial charge on any atom is 0.309 e. The van der Waals surface area contributed by atoms with Crippen molar-refractivity contribution in [2.24, 2.45) is 40.4 Å². The number of hydrogen-bond donors (Lipinski definition) is 0. The minimum absolute atomic E-state index is 0.0341. The molecule has 4 aliphatic rings. The summed E-state index contributed by atoms with van der Waals surface area (Å²) in [4.78, 5) is 37.2. The van der Waals surface area contributed by atoms with Gasteiger partial charge in [0.1, 0.15) is 11.9 Å². The maximum absolute atomic E-state index is 13.4. The molecule has 4 rings (SSSR count). The maximum atomic E-state index is 13.4. The normalized spacial score (nSPS) is 47.5. The van der Waals surface area contributed by atoms with Gasteiger partial charge in [0.05, 0.1) is 13.0 Å². The molecule has 5 heteroatoms. The topological polar surface area (TPSA) is 69.7 Å². The zero-order valence-corrected chi connectivity index (χ0v) is 17.7. The number of ketones is 1. The van der Waals surface area contributed by atoms with E-state index in [1.165, 1.54) is 14.0 Å². The second-order valence-corrected chi connectivity index (χ2v) is 10.2. The average molecular weight is 391 g/mol. The van der Waals surface area contributed by atoms with E-state index in [4.69, 9.17) is 9.47 Å². The number of carbonyl (C=O) groups excluding carboxylic acids is 3. The van der Waals surface area contributed by atoms with E-state index in [0.29, 0.717) is 30.1 Å². The number of fused-ring (bicyclic) bond motifs is 5. The third kappa shape index (κ3) is 2.75. The van der Waals surface area contributed by atoms with Gasteiger partial charge >= 0.3 is 11.9 Å². The van der Waals surface area contributed by atoms with Crippen molar-refractivity contribution in [1.29, 1.82) is 0 Å². The largest absolute Gasteiger partial charge is 0.469 e. The van der Waals surface area contributed by atoms with Crippen LogP contribution in [-0.2, 0) is 23.9 Å². The Hall–Kier alpha value is -1.39. The Morgan fingerprint density at radius 2 is 1.79 bits per heavy atom. The fourth-order valence-corrected chi connectivity index (χ4v) is 7.80. The van der Waals surface area contributed by atoms with Gasteiger partial charge in [-0.2, -0.15) is 0 Å². The van der Waals surface area contributed by atoms with Crippen LogP contribution < -0.4 is 0 Å². The van der Waals surface area contributed by atoms with E-state index < -0.39 is 5.41 Å². The van der Waals surface area contributed by atoms with Crippen LogP contribution in [0.3, 0.4) is 0 Å². The van der Waals surface area contributed by atoms with Gasteiger partial charge in [-0.25, -0.2) is 0 Å². The second-order valence-electron chi connectivity index (χ2n) is 10.2. The molecule has 0 heterocycles. The first kappa shape index (κ1) is 19.9. The van der Waals surface area contributed by atoms with Gasteiger partial charge in [0.2, 0.25) is 0 Å². The van der Waals surface area contributed by atoms with E-state index in [2.05, 4.69) is 6.92 Å². The van der Waals surface area contributed by atoms with Crippen molar-refractivity contribution < 1.29 is 23.9 Å². The molecule has 0 amide bonds. The molecule has 0 radical (unpaired) electrons. The standard InChI is InChI=1S/C23H34O5/c1-13(24)28-15-9-10-22(2)14(11-15)5-6-16-17-7-8-18(21(26)27-4)23(17,3)20(25)12-19(16)22/h14-19H,5-12H2,1-4H3/t14-,15-,16+,17+,18-,19+,22-,23+/m0/s1. The van der Waals surface area contributed by atoms with E-state index in [-0.39, 0.29) is 35.2 Å². The average Bonchev–Trinajstić information content (AvgIpc) is 3.01. The number of hydrogen-bond acceptors (Lipinski definition) is 5. The first-order valence-electron chi connectivity index (χ1n) is 11.0. The molecule has 0 spiro atoms. The highest BCUT2D eigenvalue weighted by Crippen LogP contribution is 2.66. The predicted molar refractivity (Wildman–Crippen MR) is 103 cm³/mol. The van der Waals surface area contributed by atoms with Gasteiger partial charge in [-0.05, 0) is 74.0 Å². The molecule has 28 heavy (non-hydrogen) atoms. The number of methoxy groups -OCH3 is 1. The number of esters is 2. The zero-order chi connectivity index (χ0) is 20.3. The molecule has 0 aromatic heterocycles. The summed E-state index contributed by atoms with van der Waals surface area (Å²) in [7, 11) is 1.43. The van der Waals surface area contributed by atoms with Crippen molar-refractivity contribution >= 4 is 17.7 Å². The van der Waals surface area contributed by atoms with Gasteiger partial charge in [-0.15, -0.1) is 0 Å². The lowest BCUT2D eigenvalue weighted by Gasteiger charge is -2.60. The molecule has 0 aliphatic heterocycles. The summed E-state index contributed by atoms with van der Waals surface area (Å²) in [6.07, 6.45) is 7.48. The Kier molecular flexibility index (Phi) is 4.86. The Labute approximate surface area is 167 Å². The van der Waals surface area contributed by atoms with Gasteiger partial charge < -0.3 is 9.47 Å². The fourth-order valence-electron chi connectivity index (χ4n) is 7.80. The fraction of sp³-hybridized carbons (Fsp3) is 0.870. The van der Waals surface area contributed by atoms with Crippen LogP contribution in [0.4, 0.5) is 0 Å². The predicted octanol–water partition coefficient (Wildman–Crippen LogP) is 3.93. The summed E-state index contributed by atoms with van der Waals surface area (Å²) >= 11 is 0.